The van der Waals surface area contributed by atoms with Crippen LogP contribution >= 0.6 is 0 Å². The van der Waals surface area contributed by atoms with Crippen LogP contribution in [-0.2, 0) is 5.60 Å². The molecule has 52 valence electrons. The van der Waals surface area contributed by atoms with Crippen molar-refractivity contribution < 1.29 is 9.52 Å². The number of terminal acetylenes is 1. The number of hydrogen-bond donors (Lipinski definition) is 1. The van der Waals surface area contributed by atoms with Gasteiger partial charge in [-0.25, -0.2) is 4.98 Å². The molecule has 0 amide bonds. The van der Waals surface area contributed by atoms with Gasteiger partial charge in [0, 0.05) is 0 Å². The molecule has 3 nitrogen and oxygen atoms in total. The van der Waals surface area contributed by atoms with Gasteiger partial charge in [0.15, 0.2) is 12.0 Å². The van der Waals surface area contributed by atoms with E-state index in [1.807, 2.05) is 0 Å². The van der Waals surface area contributed by atoms with Crippen molar-refractivity contribution >= 4 is 0 Å². The van der Waals surface area contributed by atoms with Gasteiger partial charge in [0.25, 0.3) is 0 Å². The average Bonchev–Trinajstić information content (AvgIpc) is 2.38. The summed E-state index contributed by atoms with van der Waals surface area (Å²) in [4.78, 5) is 3.70. The summed E-state index contributed by atoms with van der Waals surface area (Å²) < 4.78 is 4.64. The summed E-state index contributed by atoms with van der Waals surface area (Å²) in [5, 5.41) is 9.32. The van der Waals surface area contributed by atoms with E-state index >= 15 is 0 Å². The zero-order valence-corrected chi connectivity index (χ0v) is 5.53. The standard InChI is InChI=1S/C7H7NO2/c1-3-7(2,9)6-4-10-5-8-6/h1,4-5,9H,2H3. The molecule has 1 rings (SSSR count). The average molecular weight is 137 g/mol. The van der Waals surface area contributed by atoms with Gasteiger partial charge in [0.05, 0.1) is 0 Å². The molecule has 1 heterocycles. The molecule has 1 aromatic heterocycles. The van der Waals surface area contributed by atoms with Crippen LogP contribution < -0.4 is 0 Å². The van der Waals surface area contributed by atoms with E-state index in [4.69, 9.17) is 6.42 Å². The predicted octanol–water partition coefficient (Wildman–Crippen LogP) is 0.515. The monoisotopic (exact) mass is 137 g/mol. The normalized spacial score (nSPS) is 15.7. The molecule has 1 atom stereocenters. The lowest BCUT2D eigenvalue weighted by Crippen LogP contribution is -2.18. The lowest BCUT2D eigenvalue weighted by molar-refractivity contribution is 0.117. The minimum atomic E-state index is -1.31. The minimum Gasteiger partial charge on any atom is -0.451 e. The number of rotatable bonds is 1. The van der Waals surface area contributed by atoms with E-state index in [0.29, 0.717) is 5.69 Å². The number of nitrogens with zero attached hydrogens (tertiary/aromatic N) is 1. The molecule has 0 aliphatic rings. The Kier molecular flexibility index (Phi) is 1.48. The van der Waals surface area contributed by atoms with Gasteiger partial charge >= 0.3 is 0 Å². The van der Waals surface area contributed by atoms with E-state index in [-0.39, 0.29) is 0 Å². The van der Waals surface area contributed by atoms with E-state index in [1.165, 1.54) is 19.6 Å². The molecule has 1 unspecified atom stereocenters. The van der Waals surface area contributed by atoms with Gasteiger partial charge in [0.1, 0.15) is 12.0 Å². The molecule has 0 saturated carbocycles. The Hall–Kier alpha value is -1.27. The molecule has 0 fully saturated rings. The molecular weight excluding hydrogens is 130 g/mol. The highest BCUT2D eigenvalue weighted by Gasteiger charge is 2.22. The third kappa shape index (κ3) is 1.02. The van der Waals surface area contributed by atoms with Crippen molar-refractivity contribution in [3.05, 3.63) is 18.4 Å². The molecule has 1 aromatic rings. The maximum atomic E-state index is 9.32. The Bertz CT molecular complexity index is 243. The van der Waals surface area contributed by atoms with Gasteiger partial charge in [-0.2, -0.15) is 0 Å². The van der Waals surface area contributed by atoms with Crippen molar-refractivity contribution in [2.45, 2.75) is 12.5 Å². The second-order valence-electron chi connectivity index (χ2n) is 2.09. The van der Waals surface area contributed by atoms with Crippen LogP contribution in [0.4, 0.5) is 0 Å². The van der Waals surface area contributed by atoms with Crippen LogP contribution in [-0.4, -0.2) is 10.1 Å². The lowest BCUT2D eigenvalue weighted by Gasteiger charge is -2.10. The molecule has 0 aliphatic carbocycles. The SMILES string of the molecule is C#CC(C)(O)c1cocn1. The first kappa shape index (κ1) is 6.84. The Balaban J connectivity index is 2.99. The number of oxazole rings is 1. The van der Waals surface area contributed by atoms with E-state index < -0.39 is 5.60 Å². The quantitative estimate of drug-likeness (QED) is 0.574. The first-order valence-electron chi connectivity index (χ1n) is 2.75. The van der Waals surface area contributed by atoms with Gasteiger partial charge < -0.3 is 9.52 Å². The summed E-state index contributed by atoms with van der Waals surface area (Å²) in [6, 6.07) is 0. The van der Waals surface area contributed by atoms with Crippen molar-refractivity contribution in [2.75, 3.05) is 0 Å². The number of aromatic nitrogens is 1. The summed E-state index contributed by atoms with van der Waals surface area (Å²) in [5.41, 5.74) is -0.956. The fourth-order valence-electron chi connectivity index (χ4n) is 0.527. The van der Waals surface area contributed by atoms with E-state index in [0.717, 1.165) is 0 Å². The van der Waals surface area contributed by atoms with Crippen molar-refractivity contribution in [1.82, 2.24) is 4.98 Å². The fraction of sp³-hybridized carbons (Fsp3) is 0.286. The lowest BCUT2D eigenvalue weighted by atomic mass is 10.1. The van der Waals surface area contributed by atoms with Gasteiger partial charge in [-0.3, -0.25) is 0 Å². The Morgan fingerprint density at radius 3 is 3.00 bits per heavy atom. The summed E-state index contributed by atoms with van der Waals surface area (Å²) in [7, 11) is 0. The van der Waals surface area contributed by atoms with Gasteiger partial charge in [0.2, 0.25) is 0 Å². The minimum absolute atomic E-state index is 0.356. The van der Waals surface area contributed by atoms with Crippen LogP contribution in [0.15, 0.2) is 17.1 Å². The topological polar surface area (TPSA) is 46.3 Å². The fourth-order valence-corrected chi connectivity index (χ4v) is 0.527. The molecule has 3 heteroatoms. The van der Waals surface area contributed by atoms with Crippen molar-refractivity contribution in [3.8, 4) is 12.3 Å². The zero-order chi connectivity index (χ0) is 7.61. The van der Waals surface area contributed by atoms with Crippen molar-refractivity contribution in [3.63, 3.8) is 0 Å². The highest BCUT2D eigenvalue weighted by atomic mass is 16.3. The number of hydrogen-bond acceptors (Lipinski definition) is 3. The van der Waals surface area contributed by atoms with E-state index in [2.05, 4.69) is 15.3 Å². The highest BCUT2D eigenvalue weighted by Crippen LogP contribution is 2.15. The second-order valence-corrected chi connectivity index (χ2v) is 2.09. The zero-order valence-electron chi connectivity index (χ0n) is 5.53. The molecule has 0 saturated heterocycles. The van der Waals surface area contributed by atoms with Crippen LogP contribution in [0.3, 0.4) is 0 Å². The molecule has 10 heavy (non-hydrogen) atoms. The third-order valence-electron chi connectivity index (χ3n) is 1.21. The molecule has 0 radical (unpaired) electrons. The van der Waals surface area contributed by atoms with Crippen LogP contribution in [0.1, 0.15) is 12.6 Å². The second kappa shape index (κ2) is 2.16. The Morgan fingerprint density at radius 1 is 1.90 bits per heavy atom. The van der Waals surface area contributed by atoms with Crippen molar-refractivity contribution in [2.24, 2.45) is 0 Å². The molecule has 0 bridgehead atoms. The molecule has 0 aromatic carbocycles. The molecule has 1 N–H and O–H groups in total. The van der Waals surface area contributed by atoms with Gasteiger partial charge in [-0.15, -0.1) is 6.42 Å². The third-order valence-corrected chi connectivity index (χ3v) is 1.21. The first-order chi connectivity index (χ1) is 4.67. The maximum absolute atomic E-state index is 9.32. The smallest absolute Gasteiger partial charge is 0.180 e. The predicted molar refractivity (Wildman–Crippen MR) is 34.9 cm³/mol. The van der Waals surface area contributed by atoms with Crippen LogP contribution in [0.25, 0.3) is 0 Å². The summed E-state index contributed by atoms with van der Waals surface area (Å²) in [5.74, 6) is 2.18. The Morgan fingerprint density at radius 2 is 2.60 bits per heavy atom. The van der Waals surface area contributed by atoms with Crippen LogP contribution in [0, 0.1) is 12.3 Å². The first-order valence-corrected chi connectivity index (χ1v) is 2.75. The number of aliphatic hydroxyl groups is 1. The summed E-state index contributed by atoms with van der Waals surface area (Å²) >= 11 is 0. The molecule has 0 aliphatic heterocycles. The van der Waals surface area contributed by atoms with Crippen LogP contribution in [0.5, 0.6) is 0 Å². The highest BCUT2D eigenvalue weighted by molar-refractivity contribution is 5.18. The van der Waals surface area contributed by atoms with Crippen molar-refractivity contribution in [1.29, 1.82) is 0 Å². The molecular formula is C7H7NO2. The summed E-state index contributed by atoms with van der Waals surface area (Å²) in [6.07, 6.45) is 7.56. The van der Waals surface area contributed by atoms with E-state index in [1.54, 1.807) is 0 Å². The van der Waals surface area contributed by atoms with E-state index in [9.17, 15) is 5.11 Å². The van der Waals surface area contributed by atoms with Gasteiger partial charge in [-0.1, -0.05) is 5.92 Å². The van der Waals surface area contributed by atoms with Gasteiger partial charge in [-0.05, 0) is 6.92 Å². The Labute approximate surface area is 58.7 Å². The molecule has 0 spiro atoms. The van der Waals surface area contributed by atoms with Crippen LogP contribution in [0.2, 0.25) is 0 Å². The summed E-state index contributed by atoms with van der Waals surface area (Å²) in [6.45, 7) is 1.48. The largest absolute Gasteiger partial charge is 0.451 e. The maximum Gasteiger partial charge on any atom is 0.180 e.